The zero-order chi connectivity index (χ0) is 19.1. The summed E-state index contributed by atoms with van der Waals surface area (Å²) < 4.78 is 5.21. The van der Waals surface area contributed by atoms with Crippen molar-refractivity contribution in [2.24, 2.45) is 0 Å². The fourth-order valence-electron chi connectivity index (χ4n) is 2.86. The molecule has 3 heteroatoms. The van der Waals surface area contributed by atoms with E-state index in [0.29, 0.717) is 5.57 Å². The molecule has 0 radical (unpaired) electrons. The lowest BCUT2D eigenvalue weighted by molar-refractivity contribution is -0.116. The van der Waals surface area contributed by atoms with E-state index in [9.17, 15) is 4.79 Å². The SMILES string of the molecule is COc1ccc(/C=C(/C(=O)N[C@H](C)c2ccccc2)c2ccccc2)cc1. The Morgan fingerprint density at radius 3 is 2.07 bits per heavy atom. The highest BCUT2D eigenvalue weighted by Gasteiger charge is 2.15. The number of carbonyl (C=O) groups is 1. The number of methoxy groups -OCH3 is 1. The van der Waals surface area contributed by atoms with Crippen molar-refractivity contribution in [3.63, 3.8) is 0 Å². The number of carbonyl (C=O) groups excluding carboxylic acids is 1. The largest absolute Gasteiger partial charge is 0.497 e. The third kappa shape index (κ3) is 4.85. The van der Waals surface area contributed by atoms with Gasteiger partial charge in [0.1, 0.15) is 5.75 Å². The van der Waals surface area contributed by atoms with Crippen molar-refractivity contribution in [1.82, 2.24) is 5.32 Å². The molecule has 0 aromatic heterocycles. The molecule has 0 saturated heterocycles. The van der Waals surface area contributed by atoms with Crippen LogP contribution in [0.25, 0.3) is 11.6 Å². The Hall–Kier alpha value is -3.33. The van der Waals surface area contributed by atoms with Crippen LogP contribution in [0.5, 0.6) is 5.75 Å². The first kappa shape index (κ1) is 18.5. The molecule has 0 fully saturated rings. The summed E-state index contributed by atoms with van der Waals surface area (Å²) >= 11 is 0. The topological polar surface area (TPSA) is 38.3 Å². The van der Waals surface area contributed by atoms with Gasteiger partial charge in [0.15, 0.2) is 0 Å². The minimum Gasteiger partial charge on any atom is -0.497 e. The lowest BCUT2D eigenvalue weighted by Gasteiger charge is -2.16. The molecule has 0 heterocycles. The molecule has 3 rings (SSSR count). The Morgan fingerprint density at radius 2 is 1.48 bits per heavy atom. The molecule has 0 unspecified atom stereocenters. The van der Waals surface area contributed by atoms with Crippen molar-refractivity contribution in [2.75, 3.05) is 7.11 Å². The van der Waals surface area contributed by atoms with Crippen LogP contribution in [0.15, 0.2) is 84.9 Å². The maximum absolute atomic E-state index is 13.1. The van der Waals surface area contributed by atoms with Gasteiger partial charge in [0.05, 0.1) is 13.2 Å². The first-order chi connectivity index (χ1) is 13.2. The van der Waals surface area contributed by atoms with Gasteiger partial charge in [-0.15, -0.1) is 0 Å². The Morgan fingerprint density at radius 1 is 0.889 bits per heavy atom. The zero-order valence-electron chi connectivity index (χ0n) is 15.6. The van der Waals surface area contributed by atoms with Gasteiger partial charge in [-0.25, -0.2) is 0 Å². The summed E-state index contributed by atoms with van der Waals surface area (Å²) in [5.41, 5.74) is 3.52. The molecule has 1 atom stereocenters. The van der Waals surface area contributed by atoms with E-state index >= 15 is 0 Å². The summed E-state index contributed by atoms with van der Waals surface area (Å²) in [6.45, 7) is 1.99. The predicted octanol–water partition coefficient (Wildman–Crippen LogP) is 5.11. The minimum atomic E-state index is -0.103. The van der Waals surface area contributed by atoms with Gasteiger partial charge in [-0.1, -0.05) is 72.8 Å². The molecule has 3 aromatic rings. The smallest absolute Gasteiger partial charge is 0.252 e. The number of amides is 1. The van der Waals surface area contributed by atoms with Crippen molar-refractivity contribution >= 4 is 17.6 Å². The second-order valence-electron chi connectivity index (χ2n) is 6.30. The monoisotopic (exact) mass is 357 g/mol. The summed E-state index contributed by atoms with van der Waals surface area (Å²) in [6, 6.07) is 27.2. The molecule has 3 aromatic carbocycles. The molecule has 0 aliphatic carbocycles. The fourth-order valence-corrected chi connectivity index (χ4v) is 2.86. The highest BCUT2D eigenvalue weighted by Crippen LogP contribution is 2.22. The molecule has 27 heavy (non-hydrogen) atoms. The van der Waals surface area contributed by atoms with E-state index in [1.807, 2.05) is 97.9 Å². The van der Waals surface area contributed by atoms with Gasteiger partial charge in [0.25, 0.3) is 5.91 Å². The van der Waals surface area contributed by atoms with Crippen molar-refractivity contribution in [3.8, 4) is 5.75 Å². The first-order valence-corrected chi connectivity index (χ1v) is 8.94. The van der Waals surface area contributed by atoms with Crippen LogP contribution in [0.2, 0.25) is 0 Å². The predicted molar refractivity (Wildman–Crippen MR) is 110 cm³/mol. The second kappa shape index (κ2) is 8.86. The lowest BCUT2D eigenvalue weighted by atomic mass is 10.0. The van der Waals surface area contributed by atoms with Crippen molar-refractivity contribution < 1.29 is 9.53 Å². The van der Waals surface area contributed by atoms with E-state index in [-0.39, 0.29) is 11.9 Å². The van der Waals surface area contributed by atoms with Gasteiger partial charge < -0.3 is 10.1 Å². The fraction of sp³-hybridized carbons (Fsp3) is 0.125. The minimum absolute atomic E-state index is 0.0818. The average molecular weight is 357 g/mol. The second-order valence-corrected chi connectivity index (χ2v) is 6.30. The van der Waals surface area contributed by atoms with Crippen LogP contribution >= 0.6 is 0 Å². The normalized spacial score (nSPS) is 12.3. The van der Waals surface area contributed by atoms with Crippen LogP contribution in [0.4, 0.5) is 0 Å². The maximum Gasteiger partial charge on any atom is 0.252 e. The molecule has 0 saturated carbocycles. The summed E-state index contributed by atoms with van der Waals surface area (Å²) in [7, 11) is 1.64. The van der Waals surface area contributed by atoms with E-state index in [4.69, 9.17) is 4.74 Å². The van der Waals surface area contributed by atoms with E-state index in [1.54, 1.807) is 7.11 Å². The van der Waals surface area contributed by atoms with Gasteiger partial charge >= 0.3 is 0 Å². The van der Waals surface area contributed by atoms with Gasteiger partial charge in [-0.3, -0.25) is 4.79 Å². The highest BCUT2D eigenvalue weighted by molar-refractivity contribution is 6.24. The average Bonchev–Trinajstić information content (AvgIpc) is 2.73. The number of ether oxygens (including phenoxy) is 1. The number of hydrogen-bond donors (Lipinski definition) is 1. The standard InChI is InChI=1S/C24H23NO2/c1-18(20-9-5-3-6-10-20)25-24(26)23(21-11-7-4-8-12-21)17-19-13-15-22(27-2)16-14-19/h3-18H,1-2H3,(H,25,26)/b23-17+/t18-/m1/s1. The molecule has 136 valence electrons. The molecule has 3 nitrogen and oxygen atoms in total. The van der Waals surface area contributed by atoms with Crippen LogP contribution in [-0.2, 0) is 4.79 Å². The zero-order valence-corrected chi connectivity index (χ0v) is 15.6. The highest BCUT2D eigenvalue weighted by atomic mass is 16.5. The van der Waals surface area contributed by atoms with Crippen LogP contribution in [0, 0.1) is 0 Å². The van der Waals surface area contributed by atoms with Crippen LogP contribution in [0.3, 0.4) is 0 Å². The van der Waals surface area contributed by atoms with Gasteiger partial charge in [-0.2, -0.15) is 0 Å². The summed E-state index contributed by atoms with van der Waals surface area (Å²) in [5, 5.41) is 3.11. The maximum atomic E-state index is 13.1. The number of rotatable bonds is 6. The number of hydrogen-bond acceptors (Lipinski definition) is 2. The molecule has 0 aliphatic heterocycles. The first-order valence-electron chi connectivity index (χ1n) is 8.94. The quantitative estimate of drug-likeness (QED) is 0.491. The molecule has 0 aliphatic rings. The van der Waals surface area contributed by atoms with Crippen LogP contribution < -0.4 is 10.1 Å². The van der Waals surface area contributed by atoms with E-state index in [1.165, 1.54) is 0 Å². The number of nitrogens with one attached hydrogen (secondary N) is 1. The Balaban J connectivity index is 1.89. The Kier molecular flexibility index (Phi) is 6.06. The molecular weight excluding hydrogens is 334 g/mol. The van der Waals surface area contributed by atoms with Crippen molar-refractivity contribution in [2.45, 2.75) is 13.0 Å². The molecule has 0 spiro atoms. The number of benzene rings is 3. The van der Waals surface area contributed by atoms with Crippen LogP contribution in [0.1, 0.15) is 29.7 Å². The molecular formula is C24H23NO2. The third-order valence-electron chi connectivity index (χ3n) is 4.40. The van der Waals surface area contributed by atoms with Gasteiger partial charge in [0.2, 0.25) is 0 Å². The van der Waals surface area contributed by atoms with Crippen molar-refractivity contribution in [3.05, 3.63) is 102 Å². The summed E-state index contributed by atoms with van der Waals surface area (Å²) in [6.07, 6.45) is 1.90. The summed E-state index contributed by atoms with van der Waals surface area (Å²) in [4.78, 5) is 13.1. The van der Waals surface area contributed by atoms with Gasteiger partial charge in [0, 0.05) is 5.57 Å². The molecule has 0 bridgehead atoms. The van der Waals surface area contributed by atoms with Crippen molar-refractivity contribution in [1.29, 1.82) is 0 Å². The van der Waals surface area contributed by atoms with Gasteiger partial charge in [-0.05, 0) is 41.8 Å². The van der Waals surface area contributed by atoms with Crippen LogP contribution in [-0.4, -0.2) is 13.0 Å². The Bertz CT molecular complexity index is 900. The van der Waals surface area contributed by atoms with E-state index < -0.39 is 0 Å². The van der Waals surface area contributed by atoms with E-state index in [2.05, 4.69) is 5.32 Å². The summed E-state index contributed by atoms with van der Waals surface area (Å²) in [5.74, 6) is 0.684. The third-order valence-corrected chi connectivity index (χ3v) is 4.40. The molecule has 1 N–H and O–H groups in total. The molecule has 1 amide bonds. The lowest BCUT2D eigenvalue weighted by Crippen LogP contribution is -2.27. The Labute approximate surface area is 160 Å². The van der Waals surface area contributed by atoms with E-state index in [0.717, 1.165) is 22.4 Å².